The molecule has 10 nitrogen and oxygen atoms in total. The molecule has 0 bridgehead atoms. The molecule has 0 spiro atoms. The van der Waals surface area contributed by atoms with Crippen molar-refractivity contribution in [1.29, 1.82) is 0 Å². The first-order chi connectivity index (χ1) is 12.9. The van der Waals surface area contributed by atoms with E-state index in [0.717, 1.165) is 28.0 Å². The minimum atomic E-state index is -0.669. The molecule has 0 aliphatic rings. The minimum Gasteiger partial charge on any atom is -0.383 e. The number of amides is 2. The van der Waals surface area contributed by atoms with Crippen LogP contribution in [0.15, 0.2) is 40.9 Å². The molecular weight excluding hydrogens is 392 g/mol. The number of nitrogens with one attached hydrogen (secondary N) is 2. The second-order valence-electron chi connectivity index (χ2n) is 5.13. The van der Waals surface area contributed by atoms with Gasteiger partial charge in [-0.1, -0.05) is 17.8 Å². The van der Waals surface area contributed by atoms with E-state index in [0.29, 0.717) is 11.0 Å². The number of thioether (sulfide) groups is 1. The van der Waals surface area contributed by atoms with Crippen molar-refractivity contribution in [2.75, 3.05) is 11.5 Å². The maximum atomic E-state index is 12.0. The maximum Gasteiger partial charge on any atom is 0.270 e. The maximum absolute atomic E-state index is 12.0. The fourth-order valence-electron chi connectivity index (χ4n) is 2.05. The van der Waals surface area contributed by atoms with Crippen molar-refractivity contribution >= 4 is 56.6 Å². The second-order valence-corrected chi connectivity index (χ2v) is 6.97. The van der Waals surface area contributed by atoms with E-state index < -0.39 is 16.7 Å². The van der Waals surface area contributed by atoms with Gasteiger partial charge in [-0.2, -0.15) is 0 Å². The smallest absolute Gasteiger partial charge is 0.270 e. The number of carbonyl (C=O) groups is 2. The van der Waals surface area contributed by atoms with Crippen LogP contribution in [0.2, 0.25) is 0 Å². The van der Waals surface area contributed by atoms with Gasteiger partial charge < -0.3 is 5.73 Å². The first kappa shape index (κ1) is 18.5. The molecule has 0 aliphatic heterocycles. The Kier molecular flexibility index (Phi) is 5.47. The first-order valence-corrected chi connectivity index (χ1v) is 9.27. The van der Waals surface area contributed by atoms with Gasteiger partial charge in [-0.15, -0.1) is 11.3 Å². The number of hydrogen-bond donors (Lipinski definition) is 3. The van der Waals surface area contributed by atoms with Crippen LogP contribution in [-0.2, 0) is 4.79 Å². The van der Waals surface area contributed by atoms with Crippen molar-refractivity contribution in [2.45, 2.75) is 5.16 Å². The van der Waals surface area contributed by atoms with Crippen LogP contribution in [0.25, 0.3) is 10.2 Å². The molecule has 12 heteroatoms. The van der Waals surface area contributed by atoms with Crippen LogP contribution in [0.1, 0.15) is 10.4 Å². The summed E-state index contributed by atoms with van der Waals surface area (Å²) < 4.78 is 0. The fraction of sp³-hybridized carbons (Fsp3) is 0.0667. The van der Waals surface area contributed by atoms with Crippen LogP contribution in [0.4, 0.5) is 11.5 Å². The average Bonchev–Trinajstić information content (AvgIpc) is 3.13. The molecule has 138 valence electrons. The number of benzene rings is 1. The Morgan fingerprint density at radius 1 is 1.26 bits per heavy atom. The third-order valence-electron chi connectivity index (χ3n) is 3.30. The summed E-state index contributed by atoms with van der Waals surface area (Å²) in [6.07, 6.45) is 0. The van der Waals surface area contributed by atoms with E-state index in [9.17, 15) is 19.7 Å². The summed E-state index contributed by atoms with van der Waals surface area (Å²) in [5.74, 6) is -0.876. The lowest BCUT2D eigenvalue weighted by Gasteiger charge is -2.07. The van der Waals surface area contributed by atoms with E-state index in [1.54, 1.807) is 0 Å². The van der Waals surface area contributed by atoms with Crippen molar-refractivity contribution in [1.82, 2.24) is 20.8 Å². The highest BCUT2D eigenvalue weighted by Gasteiger charge is 2.13. The highest BCUT2D eigenvalue weighted by molar-refractivity contribution is 7.99. The molecule has 2 aromatic heterocycles. The summed E-state index contributed by atoms with van der Waals surface area (Å²) in [6, 6.07) is 6.98. The molecule has 0 saturated carbocycles. The Bertz CT molecular complexity index is 1040. The topological polar surface area (TPSA) is 153 Å². The normalized spacial score (nSPS) is 10.5. The van der Waals surface area contributed by atoms with E-state index in [-0.39, 0.29) is 17.0 Å². The lowest BCUT2D eigenvalue weighted by molar-refractivity contribution is -0.384. The number of hydrogen-bond acceptors (Lipinski definition) is 9. The van der Waals surface area contributed by atoms with E-state index in [2.05, 4.69) is 20.8 Å². The van der Waals surface area contributed by atoms with Gasteiger partial charge in [0.1, 0.15) is 10.6 Å². The number of nitrogen functional groups attached to an aromatic ring is 1. The molecule has 1 aromatic carbocycles. The Hall–Kier alpha value is -3.25. The number of carbonyl (C=O) groups excluding carboxylic acids is 2. The summed E-state index contributed by atoms with van der Waals surface area (Å²) in [4.78, 5) is 43.1. The predicted molar refractivity (Wildman–Crippen MR) is 101 cm³/mol. The lowest BCUT2D eigenvalue weighted by Crippen LogP contribution is -2.42. The van der Waals surface area contributed by atoms with Crippen LogP contribution in [0.5, 0.6) is 0 Å². The first-order valence-electron chi connectivity index (χ1n) is 7.41. The third-order valence-corrected chi connectivity index (χ3v) is 4.95. The number of anilines is 1. The number of nitrogens with zero attached hydrogens (tertiary/aromatic N) is 3. The number of fused-ring (bicyclic) bond motifs is 1. The summed E-state index contributed by atoms with van der Waals surface area (Å²) in [7, 11) is 0. The molecule has 3 rings (SSSR count). The van der Waals surface area contributed by atoms with Gasteiger partial charge in [0.25, 0.3) is 11.6 Å². The minimum absolute atomic E-state index is 0.0501. The molecule has 2 amide bonds. The predicted octanol–water partition coefficient (Wildman–Crippen LogP) is 1.73. The number of nitrogens with two attached hydrogens (primary N) is 1. The summed E-state index contributed by atoms with van der Waals surface area (Å²) >= 11 is 2.48. The SMILES string of the molecule is Nc1nc(SCC(=O)NNC(=O)c2cccc([N+](=O)[O-])c2)nc2sccc12. The van der Waals surface area contributed by atoms with Gasteiger partial charge >= 0.3 is 0 Å². The van der Waals surface area contributed by atoms with Crippen LogP contribution in [0.3, 0.4) is 0 Å². The number of non-ortho nitro benzene ring substituents is 1. The molecule has 0 radical (unpaired) electrons. The number of hydrazine groups is 1. The van der Waals surface area contributed by atoms with Gasteiger partial charge in [0, 0.05) is 17.7 Å². The second kappa shape index (κ2) is 7.97. The largest absolute Gasteiger partial charge is 0.383 e. The molecule has 27 heavy (non-hydrogen) atoms. The van der Waals surface area contributed by atoms with Gasteiger partial charge in [0.15, 0.2) is 5.16 Å². The summed E-state index contributed by atoms with van der Waals surface area (Å²) in [5, 5.41) is 13.7. The van der Waals surface area contributed by atoms with E-state index in [4.69, 9.17) is 5.73 Å². The Morgan fingerprint density at radius 2 is 2.07 bits per heavy atom. The zero-order valence-electron chi connectivity index (χ0n) is 13.5. The van der Waals surface area contributed by atoms with Crippen molar-refractivity contribution < 1.29 is 14.5 Å². The van der Waals surface area contributed by atoms with E-state index in [1.165, 1.54) is 29.5 Å². The fourth-order valence-corrected chi connectivity index (χ4v) is 3.53. The molecule has 0 unspecified atom stereocenters. The van der Waals surface area contributed by atoms with Gasteiger partial charge in [-0.3, -0.25) is 30.6 Å². The highest BCUT2D eigenvalue weighted by Crippen LogP contribution is 2.26. The molecule has 2 heterocycles. The van der Waals surface area contributed by atoms with Gasteiger partial charge in [-0.05, 0) is 17.5 Å². The Morgan fingerprint density at radius 3 is 2.85 bits per heavy atom. The third kappa shape index (κ3) is 4.48. The molecule has 0 fully saturated rings. The van der Waals surface area contributed by atoms with Gasteiger partial charge in [0.2, 0.25) is 5.91 Å². The van der Waals surface area contributed by atoms with Crippen LogP contribution in [-0.4, -0.2) is 32.5 Å². The number of thiophene rings is 1. The van der Waals surface area contributed by atoms with Gasteiger partial charge in [-0.25, -0.2) is 9.97 Å². The molecule has 3 aromatic rings. The quantitative estimate of drug-likeness (QED) is 0.251. The van der Waals surface area contributed by atoms with Crippen molar-refractivity contribution in [3.63, 3.8) is 0 Å². The molecule has 0 atom stereocenters. The molecule has 0 aliphatic carbocycles. The van der Waals surface area contributed by atoms with E-state index in [1.807, 2.05) is 11.4 Å². The number of nitro groups is 1. The van der Waals surface area contributed by atoms with Crippen LogP contribution in [0, 0.1) is 10.1 Å². The standard InChI is InChI=1S/C15H12N6O4S2/c16-12-10-4-5-26-14(10)18-15(17-12)27-7-11(22)19-20-13(23)8-2-1-3-9(6-8)21(24)25/h1-6H,7H2,(H,19,22)(H,20,23)(H2,16,17,18). The van der Waals surface area contributed by atoms with Crippen LogP contribution < -0.4 is 16.6 Å². The number of aromatic nitrogens is 2. The molecular formula is C15H12N6O4S2. The number of nitro benzene ring substituents is 1. The lowest BCUT2D eigenvalue weighted by atomic mass is 10.2. The summed E-state index contributed by atoms with van der Waals surface area (Å²) in [6.45, 7) is 0. The zero-order chi connectivity index (χ0) is 19.4. The van der Waals surface area contributed by atoms with Gasteiger partial charge in [0.05, 0.1) is 16.1 Å². The monoisotopic (exact) mass is 404 g/mol. The highest BCUT2D eigenvalue weighted by atomic mass is 32.2. The van der Waals surface area contributed by atoms with Crippen molar-refractivity contribution in [2.24, 2.45) is 0 Å². The Labute approximate surface area is 160 Å². The molecule has 0 saturated heterocycles. The zero-order valence-corrected chi connectivity index (χ0v) is 15.2. The van der Waals surface area contributed by atoms with E-state index >= 15 is 0 Å². The summed E-state index contributed by atoms with van der Waals surface area (Å²) in [5.41, 5.74) is 10.1. The Balaban J connectivity index is 1.54. The van der Waals surface area contributed by atoms with Crippen molar-refractivity contribution in [3.05, 3.63) is 51.4 Å². The van der Waals surface area contributed by atoms with Crippen LogP contribution >= 0.6 is 23.1 Å². The number of rotatable bonds is 5. The molecule has 4 N–H and O–H groups in total. The van der Waals surface area contributed by atoms with Crippen molar-refractivity contribution in [3.8, 4) is 0 Å². The average molecular weight is 404 g/mol.